The lowest BCUT2D eigenvalue weighted by Crippen LogP contribution is -2.17. The zero-order valence-corrected chi connectivity index (χ0v) is 11.2. The van der Waals surface area contributed by atoms with Crippen molar-refractivity contribution in [1.29, 1.82) is 0 Å². The minimum atomic E-state index is -4.72. The molecule has 0 aromatic heterocycles. The highest BCUT2D eigenvalue weighted by Crippen LogP contribution is 2.23. The number of benzene rings is 2. The van der Waals surface area contributed by atoms with Crippen molar-refractivity contribution in [3.05, 3.63) is 59.4 Å². The molecule has 0 fully saturated rings. The first-order chi connectivity index (χ1) is 9.83. The van der Waals surface area contributed by atoms with Gasteiger partial charge >= 0.3 is 6.36 Å². The normalized spacial score (nSPS) is 11.3. The van der Waals surface area contributed by atoms with E-state index in [1.54, 1.807) is 25.1 Å². The molecule has 2 aromatic rings. The first-order valence-corrected chi connectivity index (χ1v) is 6.18. The third-order valence-corrected chi connectivity index (χ3v) is 2.80. The summed E-state index contributed by atoms with van der Waals surface area (Å²) in [6.45, 7) is 1.91. The molecule has 6 heteroatoms. The fourth-order valence-electron chi connectivity index (χ4n) is 1.76. The van der Waals surface area contributed by atoms with Gasteiger partial charge in [0.25, 0.3) is 0 Å². The summed E-state index contributed by atoms with van der Waals surface area (Å²) < 4.78 is 53.6. The fourth-order valence-corrected chi connectivity index (χ4v) is 1.76. The second kappa shape index (κ2) is 6.03. The van der Waals surface area contributed by atoms with E-state index in [0.29, 0.717) is 16.8 Å². The Morgan fingerprint density at radius 3 is 2.52 bits per heavy atom. The Kier molecular flexibility index (Phi) is 4.35. The Balaban J connectivity index is 2.03. The van der Waals surface area contributed by atoms with Crippen LogP contribution in [0, 0.1) is 12.7 Å². The number of aryl methyl sites for hydroxylation is 1. The van der Waals surface area contributed by atoms with E-state index in [2.05, 4.69) is 10.1 Å². The van der Waals surface area contributed by atoms with Crippen LogP contribution in [0.25, 0.3) is 0 Å². The molecular weight excluding hydrogens is 286 g/mol. The van der Waals surface area contributed by atoms with Crippen molar-refractivity contribution in [3.63, 3.8) is 0 Å². The summed E-state index contributed by atoms with van der Waals surface area (Å²) in [5, 5.41) is 2.94. The monoisotopic (exact) mass is 299 g/mol. The molecule has 0 saturated carbocycles. The van der Waals surface area contributed by atoms with Crippen molar-refractivity contribution in [2.45, 2.75) is 19.8 Å². The Labute approximate surface area is 119 Å². The maximum Gasteiger partial charge on any atom is 0.573 e. The highest BCUT2D eigenvalue weighted by Gasteiger charge is 2.31. The minimum Gasteiger partial charge on any atom is -0.406 e. The lowest BCUT2D eigenvalue weighted by atomic mass is 10.2. The summed E-state index contributed by atoms with van der Waals surface area (Å²) in [6, 6.07) is 10.3. The molecule has 0 heterocycles. The number of hydrogen-bond acceptors (Lipinski definition) is 2. The predicted molar refractivity (Wildman–Crippen MR) is 71.6 cm³/mol. The van der Waals surface area contributed by atoms with Crippen LogP contribution in [0.5, 0.6) is 5.75 Å². The van der Waals surface area contributed by atoms with Crippen molar-refractivity contribution < 1.29 is 22.3 Å². The van der Waals surface area contributed by atoms with E-state index in [1.807, 2.05) is 0 Å². The largest absolute Gasteiger partial charge is 0.573 e. The van der Waals surface area contributed by atoms with Gasteiger partial charge in [-0.1, -0.05) is 18.2 Å². The van der Waals surface area contributed by atoms with Crippen molar-refractivity contribution in [2.75, 3.05) is 5.32 Å². The zero-order valence-electron chi connectivity index (χ0n) is 11.2. The van der Waals surface area contributed by atoms with E-state index in [-0.39, 0.29) is 18.1 Å². The molecule has 0 saturated heterocycles. The van der Waals surface area contributed by atoms with Gasteiger partial charge in [0.15, 0.2) is 0 Å². The second-order valence-electron chi connectivity index (χ2n) is 4.51. The maximum absolute atomic E-state index is 13.4. The van der Waals surface area contributed by atoms with Crippen LogP contribution >= 0.6 is 0 Å². The second-order valence-corrected chi connectivity index (χ2v) is 4.51. The maximum atomic E-state index is 13.4. The Hall–Kier alpha value is -2.24. The smallest absolute Gasteiger partial charge is 0.406 e. The number of nitrogens with one attached hydrogen (secondary N) is 1. The van der Waals surface area contributed by atoms with Crippen LogP contribution in [0.4, 0.5) is 23.2 Å². The van der Waals surface area contributed by atoms with Gasteiger partial charge in [0.05, 0.1) is 0 Å². The molecular formula is C15H13F4NO. The van der Waals surface area contributed by atoms with Crippen LogP contribution in [0.2, 0.25) is 0 Å². The number of anilines is 1. The summed E-state index contributed by atoms with van der Waals surface area (Å²) >= 11 is 0. The first kappa shape index (κ1) is 15.2. The van der Waals surface area contributed by atoms with E-state index >= 15 is 0 Å². The zero-order chi connectivity index (χ0) is 15.5. The quantitative estimate of drug-likeness (QED) is 0.830. The van der Waals surface area contributed by atoms with E-state index in [9.17, 15) is 17.6 Å². The molecule has 0 radical (unpaired) electrons. The average molecular weight is 299 g/mol. The number of hydrogen-bond donors (Lipinski definition) is 1. The third-order valence-electron chi connectivity index (χ3n) is 2.80. The van der Waals surface area contributed by atoms with Gasteiger partial charge < -0.3 is 10.1 Å². The Bertz CT molecular complexity index is 625. The molecule has 0 aliphatic heterocycles. The fraction of sp³-hybridized carbons (Fsp3) is 0.200. The van der Waals surface area contributed by atoms with Crippen LogP contribution in [-0.4, -0.2) is 6.36 Å². The van der Waals surface area contributed by atoms with Gasteiger partial charge in [-0.2, -0.15) is 0 Å². The summed E-state index contributed by atoms with van der Waals surface area (Å²) in [7, 11) is 0. The van der Waals surface area contributed by atoms with E-state index in [1.165, 1.54) is 24.3 Å². The molecule has 112 valence electrons. The molecule has 2 nitrogen and oxygen atoms in total. The van der Waals surface area contributed by atoms with Crippen molar-refractivity contribution in [2.24, 2.45) is 0 Å². The SMILES string of the molecule is Cc1ccc(NCc2cccc(OC(F)(F)F)c2)cc1F. The number of rotatable bonds is 4. The number of halogens is 4. The molecule has 21 heavy (non-hydrogen) atoms. The third kappa shape index (κ3) is 4.66. The van der Waals surface area contributed by atoms with Gasteiger partial charge in [-0.05, 0) is 42.3 Å². The van der Waals surface area contributed by atoms with Crippen LogP contribution in [0.3, 0.4) is 0 Å². The summed E-state index contributed by atoms with van der Waals surface area (Å²) in [5.41, 5.74) is 1.68. The van der Waals surface area contributed by atoms with Gasteiger partial charge in [-0.15, -0.1) is 13.2 Å². The van der Waals surface area contributed by atoms with Crippen molar-refractivity contribution >= 4 is 5.69 Å². The highest BCUT2D eigenvalue weighted by atomic mass is 19.4. The van der Waals surface area contributed by atoms with E-state index in [4.69, 9.17) is 0 Å². The molecule has 0 atom stereocenters. The average Bonchev–Trinajstić information content (AvgIpc) is 2.39. The van der Waals surface area contributed by atoms with Crippen LogP contribution in [0.1, 0.15) is 11.1 Å². The molecule has 0 bridgehead atoms. The number of alkyl halides is 3. The number of ether oxygens (including phenoxy) is 1. The van der Waals surface area contributed by atoms with Crippen molar-refractivity contribution in [1.82, 2.24) is 0 Å². The summed E-state index contributed by atoms with van der Waals surface area (Å²) in [6.07, 6.45) is -4.72. The lowest BCUT2D eigenvalue weighted by Gasteiger charge is -2.11. The van der Waals surface area contributed by atoms with E-state index < -0.39 is 6.36 Å². The van der Waals surface area contributed by atoms with Gasteiger partial charge in [0.1, 0.15) is 11.6 Å². The summed E-state index contributed by atoms with van der Waals surface area (Å²) in [5.74, 6) is -0.619. The standard InChI is InChI=1S/C15H13F4NO/c1-10-5-6-12(8-14(10)16)20-9-11-3-2-4-13(7-11)21-15(17,18)19/h2-8,20H,9H2,1H3. The van der Waals surface area contributed by atoms with E-state index in [0.717, 1.165) is 0 Å². The molecule has 0 aliphatic carbocycles. The van der Waals surface area contributed by atoms with Crippen molar-refractivity contribution in [3.8, 4) is 5.75 Å². The molecule has 0 spiro atoms. The lowest BCUT2D eigenvalue weighted by molar-refractivity contribution is -0.274. The molecule has 1 N–H and O–H groups in total. The van der Waals surface area contributed by atoms with Crippen LogP contribution in [-0.2, 0) is 6.54 Å². The van der Waals surface area contributed by atoms with Gasteiger partial charge in [0.2, 0.25) is 0 Å². The summed E-state index contributed by atoms with van der Waals surface area (Å²) in [4.78, 5) is 0. The molecule has 0 aliphatic rings. The molecule has 2 aromatic carbocycles. The Morgan fingerprint density at radius 2 is 1.86 bits per heavy atom. The Morgan fingerprint density at radius 1 is 1.10 bits per heavy atom. The van der Waals surface area contributed by atoms with Gasteiger partial charge in [-0.25, -0.2) is 4.39 Å². The first-order valence-electron chi connectivity index (χ1n) is 6.18. The predicted octanol–water partition coefficient (Wildman–Crippen LogP) is 4.64. The molecule has 2 rings (SSSR count). The highest BCUT2D eigenvalue weighted by molar-refractivity contribution is 5.46. The minimum absolute atomic E-state index is 0.261. The molecule has 0 amide bonds. The topological polar surface area (TPSA) is 21.3 Å². The molecule has 0 unspecified atom stereocenters. The van der Waals surface area contributed by atoms with Gasteiger partial charge in [-0.3, -0.25) is 0 Å². The van der Waals surface area contributed by atoms with Crippen LogP contribution in [0.15, 0.2) is 42.5 Å². The van der Waals surface area contributed by atoms with Crippen LogP contribution < -0.4 is 10.1 Å². The van der Waals surface area contributed by atoms with Gasteiger partial charge in [0, 0.05) is 12.2 Å².